The molecule has 2 aliphatic rings. The Morgan fingerprint density at radius 1 is 0.569 bits per heavy atom. The van der Waals surface area contributed by atoms with E-state index >= 15 is 0 Å². The van der Waals surface area contributed by atoms with Gasteiger partial charge in [0.15, 0.2) is 0 Å². The fraction of sp³-hybridized carbons (Fsp3) is 0.0645. The van der Waals surface area contributed by atoms with Gasteiger partial charge in [0, 0.05) is 38.9 Å². The SMILES string of the molecule is C/C=C(/c1ccc(-c2ccc(N(c3ccccc3C3=CC4c5ccc6ccccc6c5OC4C=C3)c3ccccc3-n3c4ccccc4c4ccccc43)cc2)cc1)c1ccccc1C. The Labute approximate surface area is 380 Å². The summed E-state index contributed by atoms with van der Waals surface area (Å²) in [4.78, 5) is 2.45. The largest absolute Gasteiger partial charge is 0.484 e. The minimum absolute atomic E-state index is 0.0486. The molecule has 3 heteroatoms. The molecule has 0 amide bonds. The zero-order chi connectivity index (χ0) is 43.4. The number of nitrogens with zero attached hydrogens (tertiary/aromatic N) is 2. The van der Waals surface area contributed by atoms with Crippen molar-refractivity contribution in [2.24, 2.45) is 0 Å². The van der Waals surface area contributed by atoms with E-state index in [1.165, 1.54) is 77.1 Å². The van der Waals surface area contributed by atoms with E-state index in [9.17, 15) is 0 Å². The van der Waals surface area contributed by atoms with Crippen molar-refractivity contribution in [1.82, 2.24) is 4.57 Å². The van der Waals surface area contributed by atoms with Crippen molar-refractivity contribution in [1.29, 1.82) is 0 Å². The number of benzene rings is 9. The number of aryl methyl sites for hydroxylation is 1. The van der Waals surface area contributed by atoms with Gasteiger partial charge >= 0.3 is 0 Å². The van der Waals surface area contributed by atoms with Gasteiger partial charge in [0.05, 0.1) is 28.1 Å². The molecule has 65 heavy (non-hydrogen) atoms. The molecule has 3 nitrogen and oxygen atoms in total. The molecule has 2 unspecified atom stereocenters. The molecule has 1 aliphatic carbocycles. The van der Waals surface area contributed by atoms with Gasteiger partial charge in [-0.25, -0.2) is 0 Å². The summed E-state index contributed by atoms with van der Waals surface area (Å²) in [6, 6.07) is 74.9. The number of allylic oxidation sites excluding steroid dienone is 3. The Bertz CT molecular complexity index is 3500. The summed E-state index contributed by atoms with van der Waals surface area (Å²) in [5.41, 5.74) is 17.6. The van der Waals surface area contributed by atoms with Crippen LogP contribution in [0.25, 0.3) is 60.5 Å². The quantitative estimate of drug-likeness (QED) is 0.152. The molecular formula is C62H46N2O. The van der Waals surface area contributed by atoms with Crippen LogP contribution in [0.3, 0.4) is 0 Å². The van der Waals surface area contributed by atoms with Crippen LogP contribution in [0.15, 0.2) is 231 Å². The highest BCUT2D eigenvalue weighted by molar-refractivity contribution is 6.10. The van der Waals surface area contributed by atoms with Crippen molar-refractivity contribution >= 4 is 60.8 Å². The maximum Gasteiger partial charge on any atom is 0.132 e. The highest BCUT2D eigenvalue weighted by atomic mass is 16.5. The van der Waals surface area contributed by atoms with E-state index in [2.05, 4.69) is 254 Å². The number of aromatic nitrogens is 1. The van der Waals surface area contributed by atoms with Crippen molar-refractivity contribution in [2.75, 3.05) is 4.90 Å². The highest BCUT2D eigenvalue weighted by Gasteiger charge is 2.35. The van der Waals surface area contributed by atoms with Crippen LogP contribution in [-0.2, 0) is 0 Å². The molecule has 9 aromatic carbocycles. The fourth-order valence-corrected chi connectivity index (χ4v) is 10.4. The van der Waals surface area contributed by atoms with Gasteiger partial charge in [0.25, 0.3) is 0 Å². The average molecular weight is 835 g/mol. The first-order valence-corrected chi connectivity index (χ1v) is 22.6. The molecule has 0 saturated carbocycles. The number of para-hydroxylation sites is 5. The average Bonchev–Trinajstić information content (AvgIpc) is 3.91. The lowest BCUT2D eigenvalue weighted by Crippen LogP contribution is -2.18. The molecule has 310 valence electrons. The first-order valence-electron chi connectivity index (χ1n) is 22.6. The van der Waals surface area contributed by atoms with Gasteiger partial charge < -0.3 is 14.2 Å². The monoisotopic (exact) mass is 834 g/mol. The Morgan fingerprint density at radius 3 is 1.92 bits per heavy atom. The Kier molecular flexibility index (Phi) is 9.42. The highest BCUT2D eigenvalue weighted by Crippen LogP contribution is 2.49. The van der Waals surface area contributed by atoms with Crippen LogP contribution in [0.2, 0.25) is 0 Å². The summed E-state index contributed by atoms with van der Waals surface area (Å²) in [5.74, 6) is 1.10. The van der Waals surface area contributed by atoms with Gasteiger partial charge in [-0.1, -0.05) is 182 Å². The molecule has 0 spiro atoms. The second kappa shape index (κ2) is 15.9. The molecule has 10 aromatic rings. The van der Waals surface area contributed by atoms with Gasteiger partial charge in [-0.2, -0.15) is 0 Å². The molecule has 0 bridgehead atoms. The lowest BCUT2D eigenvalue weighted by atomic mass is 9.85. The smallest absolute Gasteiger partial charge is 0.132 e. The van der Waals surface area contributed by atoms with Crippen LogP contribution in [0.5, 0.6) is 5.75 Å². The van der Waals surface area contributed by atoms with Crippen LogP contribution < -0.4 is 9.64 Å². The third-order valence-electron chi connectivity index (χ3n) is 13.5. The van der Waals surface area contributed by atoms with E-state index in [0.29, 0.717) is 0 Å². The zero-order valence-corrected chi connectivity index (χ0v) is 36.4. The summed E-state index contributed by atoms with van der Waals surface area (Å²) in [5, 5.41) is 4.84. The zero-order valence-electron chi connectivity index (χ0n) is 36.4. The Hall–Kier alpha value is -8.14. The van der Waals surface area contributed by atoms with Crippen LogP contribution in [0, 0.1) is 6.92 Å². The van der Waals surface area contributed by atoms with Crippen molar-refractivity contribution in [3.8, 4) is 22.6 Å². The van der Waals surface area contributed by atoms with Gasteiger partial charge in [-0.15, -0.1) is 0 Å². The summed E-state index contributed by atoms with van der Waals surface area (Å²) in [6.07, 6.45) is 9.10. The van der Waals surface area contributed by atoms with Gasteiger partial charge in [-0.3, -0.25) is 0 Å². The Morgan fingerprint density at radius 2 is 1.18 bits per heavy atom. The van der Waals surface area contributed by atoms with E-state index in [4.69, 9.17) is 4.74 Å². The Balaban J connectivity index is 0.996. The molecule has 12 rings (SSSR count). The molecule has 0 fully saturated rings. The summed E-state index contributed by atoms with van der Waals surface area (Å²) in [7, 11) is 0. The number of hydrogen-bond acceptors (Lipinski definition) is 2. The molecule has 1 aromatic heterocycles. The molecule has 2 atom stereocenters. The molecule has 0 saturated heterocycles. The number of hydrogen-bond donors (Lipinski definition) is 0. The van der Waals surface area contributed by atoms with Crippen LogP contribution in [0.1, 0.15) is 40.7 Å². The van der Waals surface area contributed by atoms with Gasteiger partial charge in [0.1, 0.15) is 11.9 Å². The van der Waals surface area contributed by atoms with Crippen LogP contribution in [-0.4, -0.2) is 10.7 Å². The third kappa shape index (κ3) is 6.50. The molecule has 0 N–H and O–H groups in total. The maximum atomic E-state index is 6.70. The second-order valence-electron chi connectivity index (χ2n) is 17.1. The lowest BCUT2D eigenvalue weighted by molar-refractivity contribution is 0.272. The van der Waals surface area contributed by atoms with E-state index in [0.717, 1.165) is 34.1 Å². The van der Waals surface area contributed by atoms with Gasteiger partial charge in [0.2, 0.25) is 0 Å². The molecular weight excluding hydrogens is 789 g/mol. The fourth-order valence-electron chi connectivity index (χ4n) is 10.4. The van der Waals surface area contributed by atoms with E-state index < -0.39 is 0 Å². The van der Waals surface area contributed by atoms with Crippen molar-refractivity contribution in [2.45, 2.75) is 25.9 Å². The predicted octanol–water partition coefficient (Wildman–Crippen LogP) is 16.3. The topological polar surface area (TPSA) is 17.4 Å². The minimum atomic E-state index is -0.0486. The number of ether oxygens (including phenoxy) is 1. The first kappa shape index (κ1) is 38.5. The first-order chi connectivity index (χ1) is 32.1. The molecule has 1 aliphatic heterocycles. The normalized spacial score (nSPS) is 15.5. The third-order valence-corrected chi connectivity index (χ3v) is 13.5. The van der Waals surface area contributed by atoms with Crippen molar-refractivity contribution in [3.63, 3.8) is 0 Å². The standard InChI is InChI=1S/C62H46N2O/c1-3-48(49-18-6-4-16-41(49)2)45-30-28-42(29-31-45)43-32-36-47(37-33-43)63(59-26-14-15-27-60(59)64-57-24-12-9-21-52(57)53-22-10-13-25-58(53)64)56-23-11-8-19-50(56)46-35-39-61-55(40-46)54-38-34-44-17-5-7-20-51(44)62(54)65-61/h3-40,55,61H,1-2H3/b48-3-. The number of anilines is 3. The second-order valence-corrected chi connectivity index (χ2v) is 17.1. The lowest BCUT2D eigenvalue weighted by Gasteiger charge is -2.31. The van der Waals surface area contributed by atoms with Crippen LogP contribution in [0.4, 0.5) is 17.1 Å². The van der Waals surface area contributed by atoms with Crippen LogP contribution >= 0.6 is 0 Å². The van der Waals surface area contributed by atoms with E-state index in [-0.39, 0.29) is 12.0 Å². The summed E-state index contributed by atoms with van der Waals surface area (Å²) in [6.45, 7) is 4.31. The summed E-state index contributed by atoms with van der Waals surface area (Å²) >= 11 is 0. The minimum Gasteiger partial charge on any atom is -0.484 e. The van der Waals surface area contributed by atoms with E-state index in [1.54, 1.807) is 0 Å². The number of fused-ring (bicyclic) bond motifs is 8. The number of rotatable bonds is 8. The van der Waals surface area contributed by atoms with Crippen molar-refractivity contribution < 1.29 is 4.74 Å². The van der Waals surface area contributed by atoms with Crippen molar-refractivity contribution in [3.05, 3.63) is 258 Å². The van der Waals surface area contributed by atoms with Gasteiger partial charge in [-0.05, 0) is 107 Å². The van der Waals surface area contributed by atoms with E-state index in [1.807, 2.05) is 0 Å². The maximum absolute atomic E-state index is 6.70. The predicted molar refractivity (Wildman–Crippen MR) is 273 cm³/mol. The molecule has 0 radical (unpaired) electrons. The molecule has 2 heterocycles. The summed E-state index contributed by atoms with van der Waals surface area (Å²) < 4.78 is 9.13.